The maximum atomic E-state index is 11.9. The van der Waals surface area contributed by atoms with Crippen LogP contribution in [0.1, 0.15) is 10.4 Å². The molecule has 0 spiro atoms. The van der Waals surface area contributed by atoms with Crippen molar-refractivity contribution < 1.29 is 19.1 Å². The lowest BCUT2D eigenvalue weighted by Crippen LogP contribution is -2.38. The molecule has 0 bridgehead atoms. The molecule has 0 fully saturated rings. The lowest BCUT2D eigenvalue weighted by Gasteiger charge is -2.20. The summed E-state index contributed by atoms with van der Waals surface area (Å²) < 4.78 is 9.89. The molecule has 0 N–H and O–H groups in total. The van der Waals surface area contributed by atoms with Crippen LogP contribution in [0.4, 0.5) is 0 Å². The molecule has 0 radical (unpaired) electrons. The van der Waals surface area contributed by atoms with Crippen LogP contribution >= 0.6 is 0 Å². The fourth-order valence-corrected chi connectivity index (χ4v) is 1.33. The van der Waals surface area contributed by atoms with Crippen LogP contribution in [0.5, 0.6) is 0 Å². The highest BCUT2D eigenvalue weighted by Crippen LogP contribution is 2.05. The van der Waals surface area contributed by atoms with Crippen LogP contribution in [0, 0.1) is 0 Å². The lowest BCUT2D eigenvalue weighted by molar-refractivity contribution is -0.130. The lowest BCUT2D eigenvalue weighted by atomic mass is 10.2. The van der Waals surface area contributed by atoms with E-state index in [1.54, 1.807) is 30.3 Å². The first-order valence-electron chi connectivity index (χ1n) is 5.09. The fraction of sp³-hybridized carbons (Fsp3) is 0.333. The molecule has 0 saturated carbocycles. The number of hydrogen-bond donors (Lipinski definition) is 0. The maximum Gasteiger partial charge on any atom is 0.260 e. The Balaban J connectivity index is 2.74. The van der Waals surface area contributed by atoms with Crippen LogP contribution in [-0.2, 0) is 14.3 Å². The van der Waals surface area contributed by atoms with Gasteiger partial charge >= 0.3 is 0 Å². The monoisotopic (exact) mass is 237 g/mol. The molecule has 5 heteroatoms. The predicted octanol–water partition coefficient (Wildman–Crippen LogP) is 0.904. The number of amides is 2. The second-order valence-corrected chi connectivity index (χ2v) is 3.33. The highest BCUT2D eigenvalue weighted by Gasteiger charge is 2.19. The Bertz CT molecular complexity index is 362. The summed E-state index contributed by atoms with van der Waals surface area (Å²) in [4.78, 5) is 23.8. The Morgan fingerprint density at radius 3 is 2.35 bits per heavy atom. The molecule has 0 aromatic heterocycles. The topological polar surface area (TPSA) is 55.8 Å². The van der Waals surface area contributed by atoms with Crippen LogP contribution in [-0.4, -0.2) is 44.3 Å². The van der Waals surface area contributed by atoms with Crippen LogP contribution in [0.2, 0.25) is 0 Å². The zero-order valence-electron chi connectivity index (χ0n) is 9.83. The predicted molar refractivity (Wildman–Crippen MR) is 61.3 cm³/mol. The highest BCUT2D eigenvalue weighted by molar-refractivity contribution is 5.99. The number of carbonyl (C=O) groups is 2. The Labute approximate surface area is 99.9 Å². The van der Waals surface area contributed by atoms with Crippen molar-refractivity contribution in [3.63, 3.8) is 0 Å². The average Bonchev–Trinajstić information content (AvgIpc) is 2.40. The Hall–Kier alpha value is -1.72. The zero-order valence-corrected chi connectivity index (χ0v) is 9.83. The zero-order chi connectivity index (χ0) is 12.7. The van der Waals surface area contributed by atoms with Gasteiger partial charge in [-0.2, -0.15) is 0 Å². The molecule has 1 aromatic carbocycles. The molecule has 0 aliphatic carbocycles. The van der Waals surface area contributed by atoms with Crippen LogP contribution in [0.3, 0.4) is 0 Å². The minimum atomic E-state index is -0.618. The second-order valence-electron chi connectivity index (χ2n) is 3.33. The van der Waals surface area contributed by atoms with E-state index in [9.17, 15) is 9.59 Å². The first-order valence-corrected chi connectivity index (χ1v) is 5.09. The van der Waals surface area contributed by atoms with E-state index in [4.69, 9.17) is 9.47 Å². The van der Waals surface area contributed by atoms with Crippen molar-refractivity contribution in [2.75, 3.05) is 20.8 Å². The van der Waals surface area contributed by atoms with Crippen molar-refractivity contribution in [1.82, 2.24) is 4.90 Å². The van der Waals surface area contributed by atoms with E-state index in [-0.39, 0.29) is 12.5 Å². The first kappa shape index (κ1) is 13.3. The largest absolute Gasteiger partial charge is 0.354 e. The molecule has 17 heavy (non-hydrogen) atoms. The molecule has 2 amide bonds. The van der Waals surface area contributed by atoms with E-state index < -0.39 is 6.29 Å². The number of carbonyl (C=O) groups excluding carboxylic acids is 2. The summed E-state index contributed by atoms with van der Waals surface area (Å²) in [7, 11) is 2.90. The SMILES string of the molecule is COC(CN(C=O)C(=O)c1ccccc1)OC. The van der Waals surface area contributed by atoms with Gasteiger partial charge in [0.1, 0.15) is 0 Å². The maximum absolute atomic E-state index is 11.9. The van der Waals surface area contributed by atoms with Crippen molar-refractivity contribution >= 4 is 12.3 Å². The van der Waals surface area contributed by atoms with Gasteiger partial charge in [0.2, 0.25) is 6.41 Å². The molecule has 0 unspecified atom stereocenters. The Morgan fingerprint density at radius 1 is 1.29 bits per heavy atom. The van der Waals surface area contributed by atoms with Gasteiger partial charge < -0.3 is 9.47 Å². The summed E-state index contributed by atoms with van der Waals surface area (Å²) in [6.45, 7) is 0.0597. The van der Waals surface area contributed by atoms with Crippen LogP contribution in [0.15, 0.2) is 30.3 Å². The van der Waals surface area contributed by atoms with Gasteiger partial charge in [-0.15, -0.1) is 0 Å². The van der Waals surface area contributed by atoms with E-state index in [1.807, 2.05) is 0 Å². The molecule has 0 aliphatic rings. The van der Waals surface area contributed by atoms with Gasteiger partial charge in [0.05, 0.1) is 6.54 Å². The molecular weight excluding hydrogens is 222 g/mol. The van der Waals surface area contributed by atoms with Gasteiger partial charge in [0.15, 0.2) is 6.29 Å². The summed E-state index contributed by atoms with van der Waals surface area (Å²) in [5.74, 6) is -0.375. The van der Waals surface area contributed by atoms with Gasteiger partial charge in [0.25, 0.3) is 5.91 Å². The molecule has 92 valence electrons. The molecule has 0 aliphatic heterocycles. The van der Waals surface area contributed by atoms with E-state index in [1.165, 1.54) is 14.2 Å². The van der Waals surface area contributed by atoms with Crippen molar-refractivity contribution in [3.8, 4) is 0 Å². The van der Waals surface area contributed by atoms with Crippen LogP contribution in [0.25, 0.3) is 0 Å². The molecular formula is C12H15NO4. The molecule has 5 nitrogen and oxygen atoms in total. The summed E-state index contributed by atoms with van der Waals surface area (Å²) >= 11 is 0. The van der Waals surface area contributed by atoms with Crippen molar-refractivity contribution in [2.24, 2.45) is 0 Å². The van der Waals surface area contributed by atoms with E-state index in [2.05, 4.69) is 0 Å². The standard InChI is InChI=1S/C12H15NO4/c1-16-11(17-2)8-13(9-14)12(15)10-6-4-3-5-7-10/h3-7,9,11H,8H2,1-2H3. The number of ether oxygens (including phenoxy) is 2. The summed E-state index contributed by atoms with van der Waals surface area (Å²) in [5, 5.41) is 0. The minimum Gasteiger partial charge on any atom is -0.354 e. The number of benzene rings is 1. The van der Waals surface area contributed by atoms with Crippen LogP contribution < -0.4 is 0 Å². The smallest absolute Gasteiger partial charge is 0.260 e. The molecule has 1 aromatic rings. The third-order valence-corrected chi connectivity index (χ3v) is 2.28. The van der Waals surface area contributed by atoms with Gasteiger partial charge in [0, 0.05) is 19.8 Å². The quantitative estimate of drug-likeness (QED) is 0.545. The van der Waals surface area contributed by atoms with Gasteiger partial charge in [-0.05, 0) is 12.1 Å². The summed E-state index contributed by atoms with van der Waals surface area (Å²) in [6.07, 6.45) is -0.145. The first-order chi connectivity index (χ1) is 8.22. The van der Waals surface area contributed by atoms with E-state index in [0.717, 1.165) is 4.90 Å². The van der Waals surface area contributed by atoms with E-state index in [0.29, 0.717) is 12.0 Å². The second kappa shape index (κ2) is 6.78. The van der Waals surface area contributed by atoms with E-state index >= 15 is 0 Å². The minimum absolute atomic E-state index is 0.0597. The third kappa shape index (κ3) is 3.65. The number of methoxy groups -OCH3 is 2. The normalized spacial score (nSPS) is 10.3. The van der Waals surface area contributed by atoms with Gasteiger partial charge in [-0.25, -0.2) is 0 Å². The number of hydrogen-bond acceptors (Lipinski definition) is 4. The molecule has 1 rings (SSSR count). The van der Waals surface area contributed by atoms with Gasteiger partial charge in [-0.1, -0.05) is 18.2 Å². The summed E-state index contributed by atoms with van der Waals surface area (Å²) in [5.41, 5.74) is 0.450. The number of rotatable bonds is 6. The van der Waals surface area contributed by atoms with Crippen molar-refractivity contribution in [2.45, 2.75) is 6.29 Å². The Morgan fingerprint density at radius 2 is 1.88 bits per heavy atom. The average molecular weight is 237 g/mol. The van der Waals surface area contributed by atoms with Crippen molar-refractivity contribution in [1.29, 1.82) is 0 Å². The molecule has 0 saturated heterocycles. The molecule has 0 heterocycles. The van der Waals surface area contributed by atoms with Crippen molar-refractivity contribution in [3.05, 3.63) is 35.9 Å². The Kier molecular flexibility index (Phi) is 5.32. The fourth-order valence-electron chi connectivity index (χ4n) is 1.33. The summed E-state index contributed by atoms with van der Waals surface area (Å²) in [6, 6.07) is 8.57. The molecule has 0 atom stereocenters. The highest BCUT2D eigenvalue weighted by atomic mass is 16.7. The third-order valence-electron chi connectivity index (χ3n) is 2.28. The number of nitrogens with zero attached hydrogens (tertiary/aromatic N) is 1. The van der Waals surface area contributed by atoms with Gasteiger partial charge in [-0.3, -0.25) is 14.5 Å². The number of imide groups is 1.